The number of carbonyl (C=O) groups is 1. The molecular weight excluding hydrogens is 378 g/mol. The lowest BCUT2D eigenvalue weighted by Gasteiger charge is -2.09. The molecule has 0 bridgehead atoms. The van der Waals surface area contributed by atoms with Crippen molar-refractivity contribution in [2.75, 3.05) is 6.54 Å². The number of carbonyl (C=O) groups excluding carboxylic acids is 1. The van der Waals surface area contributed by atoms with E-state index >= 15 is 0 Å². The Labute approximate surface area is 155 Å². The largest absolute Gasteiger partial charge is 0.352 e. The molecule has 2 aromatic carbocycles. The maximum absolute atomic E-state index is 12.3. The molecule has 1 heterocycles. The number of aryl methyl sites for hydroxylation is 1. The van der Waals surface area contributed by atoms with Crippen LogP contribution in [-0.4, -0.2) is 22.0 Å². The maximum atomic E-state index is 12.3. The molecule has 0 spiro atoms. The molecule has 0 saturated carbocycles. The van der Waals surface area contributed by atoms with Gasteiger partial charge in [-0.2, -0.15) is 0 Å². The number of rotatable bonds is 6. The fraction of sp³-hybridized carbons (Fsp3) is 0.200. The first-order chi connectivity index (χ1) is 12.0. The van der Waals surface area contributed by atoms with Gasteiger partial charge in [-0.05, 0) is 31.2 Å². The standard InChI is InChI=1S/C20H20BrN3O/c1-14-6-5-7-16(12-14)20(25)22-11-10-19-23-17-8-3-4-9-18(17)24(19)13-15(2)21/h3-9,12H,2,10-11,13H2,1H3,(H,22,25). The van der Waals surface area contributed by atoms with Crippen molar-refractivity contribution in [1.29, 1.82) is 0 Å². The van der Waals surface area contributed by atoms with Crippen LogP contribution in [0.5, 0.6) is 0 Å². The zero-order valence-corrected chi connectivity index (χ0v) is 15.7. The summed E-state index contributed by atoms with van der Waals surface area (Å²) < 4.78 is 3.02. The summed E-state index contributed by atoms with van der Waals surface area (Å²) in [7, 11) is 0. The van der Waals surface area contributed by atoms with Crippen LogP contribution in [-0.2, 0) is 13.0 Å². The van der Waals surface area contributed by atoms with Gasteiger partial charge in [-0.1, -0.05) is 52.3 Å². The number of allylic oxidation sites excluding steroid dienone is 1. The normalized spacial score (nSPS) is 10.8. The molecule has 128 valence electrons. The number of fused-ring (bicyclic) bond motifs is 1. The van der Waals surface area contributed by atoms with Crippen molar-refractivity contribution in [2.45, 2.75) is 19.9 Å². The second kappa shape index (κ2) is 7.66. The zero-order valence-electron chi connectivity index (χ0n) is 14.1. The fourth-order valence-electron chi connectivity index (χ4n) is 2.84. The number of hydrogen-bond donors (Lipinski definition) is 1. The molecule has 1 amide bonds. The van der Waals surface area contributed by atoms with Crippen molar-refractivity contribution >= 4 is 32.9 Å². The number of hydrogen-bond acceptors (Lipinski definition) is 2. The lowest BCUT2D eigenvalue weighted by Crippen LogP contribution is -2.26. The molecule has 0 radical (unpaired) electrons. The summed E-state index contributed by atoms with van der Waals surface area (Å²) in [4.78, 5) is 17.0. The number of para-hydroxylation sites is 2. The summed E-state index contributed by atoms with van der Waals surface area (Å²) in [6, 6.07) is 15.6. The number of amides is 1. The molecule has 1 aromatic heterocycles. The summed E-state index contributed by atoms with van der Waals surface area (Å²) in [6.45, 7) is 7.10. The van der Waals surface area contributed by atoms with Crippen LogP contribution in [0, 0.1) is 6.92 Å². The van der Waals surface area contributed by atoms with Crippen LogP contribution in [0.1, 0.15) is 21.7 Å². The maximum Gasteiger partial charge on any atom is 0.251 e. The van der Waals surface area contributed by atoms with Crippen molar-refractivity contribution < 1.29 is 4.79 Å². The zero-order chi connectivity index (χ0) is 17.8. The molecule has 0 aliphatic rings. The molecule has 0 aliphatic carbocycles. The van der Waals surface area contributed by atoms with Crippen LogP contribution in [0.3, 0.4) is 0 Å². The predicted molar refractivity (Wildman–Crippen MR) is 105 cm³/mol. The molecule has 0 unspecified atom stereocenters. The first-order valence-electron chi connectivity index (χ1n) is 8.17. The number of halogens is 1. The van der Waals surface area contributed by atoms with Crippen LogP contribution in [0.15, 0.2) is 59.6 Å². The van der Waals surface area contributed by atoms with Crippen molar-refractivity contribution in [2.24, 2.45) is 0 Å². The summed E-state index contributed by atoms with van der Waals surface area (Å²) in [5.41, 5.74) is 3.78. The van der Waals surface area contributed by atoms with E-state index in [0.29, 0.717) is 25.1 Å². The first kappa shape index (κ1) is 17.4. The Morgan fingerprint density at radius 3 is 2.80 bits per heavy atom. The average molecular weight is 398 g/mol. The average Bonchev–Trinajstić information content (AvgIpc) is 2.92. The molecule has 25 heavy (non-hydrogen) atoms. The van der Waals surface area contributed by atoms with Gasteiger partial charge in [0.15, 0.2) is 0 Å². The molecule has 1 N–H and O–H groups in total. The third-order valence-corrected chi connectivity index (χ3v) is 4.23. The van der Waals surface area contributed by atoms with Gasteiger partial charge in [0.2, 0.25) is 0 Å². The van der Waals surface area contributed by atoms with Gasteiger partial charge in [0.25, 0.3) is 5.91 Å². The molecule has 0 aliphatic heterocycles. The molecule has 5 heteroatoms. The van der Waals surface area contributed by atoms with Crippen LogP contribution in [0.4, 0.5) is 0 Å². The Bertz CT molecular complexity index is 930. The van der Waals surface area contributed by atoms with Crippen molar-refractivity contribution in [3.8, 4) is 0 Å². The summed E-state index contributed by atoms with van der Waals surface area (Å²) in [5, 5.41) is 2.97. The van der Waals surface area contributed by atoms with Gasteiger partial charge in [-0.3, -0.25) is 4.79 Å². The number of nitrogens with zero attached hydrogens (tertiary/aromatic N) is 2. The van der Waals surface area contributed by atoms with E-state index in [-0.39, 0.29) is 5.91 Å². The number of benzene rings is 2. The van der Waals surface area contributed by atoms with E-state index < -0.39 is 0 Å². The SMILES string of the molecule is C=C(Br)Cn1c(CCNC(=O)c2cccc(C)c2)nc2ccccc21. The highest BCUT2D eigenvalue weighted by molar-refractivity contribution is 9.11. The highest BCUT2D eigenvalue weighted by Gasteiger charge is 2.11. The Hall–Kier alpha value is -2.40. The third kappa shape index (κ3) is 4.17. The van der Waals surface area contributed by atoms with Gasteiger partial charge in [-0.25, -0.2) is 4.98 Å². The number of nitrogens with one attached hydrogen (secondary N) is 1. The highest BCUT2D eigenvalue weighted by atomic mass is 79.9. The molecule has 0 fully saturated rings. The van der Waals surface area contributed by atoms with Crippen LogP contribution < -0.4 is 5.32 Å². The quantitative estimate of drug-likeness (QED) is 0.676. The minimum atomic E-state index is -0.0590. The Balaban J connectivity index is 1.72. The van der Waals surface area contributed by atoms with Crippen LogP contribution in [0.25, 0.3) is 11.0 Å². The van der Waals surface area contributed by atoms with Gasteiger partial charge in [0.1, 0.15) is 5.82 Å². The molecule has 3 rings (SSSR count). The summed E-state index contributed by atoms with van der Waals surface area (Å²) in [6.07, 6.45) is 0.659. The van der Waals surface area contributed by atoms with Crippen LogP contribution in [0.2, 0.25) is 0 Å². The second-order valence-electron chi connectivity index (χ2n) is 6.00. The van der Waals surface area contributed by atoms with E-state index in [2.05, 4.69) is 32.4 Å². The van der Waals surface area contributed by atoms with E-state index in [1.54, 1.807) is 0 Å². The Kier molecular flexibility index (Phi) is 5.34. The van der Waals surface area contributed by atoms with E-state index in [4.69, 9.17) is 4.98 Å². The van der Waals surface area contributed by atoms with Gasteiger partial charge in [-0.15, -0.1) is 0 Å². The van der Waals surface area contributed by atoms with E-state index in [1.807, 2.05) is 55.5 Å². The number of imidazole rings is 1. The molecular formula is C20H20BrN3O. The van der Waals surface area contributed by atoms with Gasteiger partial charge >= 0.3 is 0 Å². The van der Waals surface area contributed by atoms with Gasteiger partial charge in [0.05, 0.1) is 17.6 Å². The summed E-state index contributed by atoms with van der Waals surface area (Å²) >= 11 is 3.43. The lowest BCUT2D eigenvalue weighted by atomic mass is 10.1. The van der Waals surface area contributed by atoms with Crippen molar-refractivity contribution in [3.05, 3.63) is 76.5 Å². The Morgan fingerprint density at radius 1 is 1.24 bits per heavy atom. The third-order valence-electron chi connectivity index (χ3n) is 3.98. The smallest absolute Gasteiger partial charge is 0.251 e. The Morgan fingerprint density at radius 2 is 2.04 bits per heavy atom. The lowest BCUT2D eigenvalue weighted by molar-refractivity contribution is 0.0954. The van der Waals surface area contributed by atoms with E-state index in [0.717, 1.165) is 26.9 Å². The molecule has 0 atom stereocenters. The topological polar surface area (TPSA) is 46.9 Å². The van der Waals surface area contributed by atoms with E-state index in [9.17, 15) is 4.79 Å². The highest BCUT2D eigenvalue weighted by Crippen LogP contribution is 2.19. The minimum absolute atomic E-state index is 0.0590. The molecule has 0 saturated heterocycles. The number of aromatic nitrogens is 2. The van der Waals surface area contributed by atoms with Gasteiger partial charge in [0, 0.05) is 23.0 Å². The van der Waals surface area contributed by atoms with Gasteiger partial charge < -0.3 is 9.88 Å². The van der Waals surface area contributed by atoms with E-state index in [1.165, 1.54) is 0 Å². The monoisotopic (exact) mass is 397 g/mol. The first-order valence-corrected chi connectivity index (χ1v) is 8.96. The molecule has 3 aromatic rings. The van der Waals surface area contributed by atoms with Crippen molar-refractivity contribution in [1.82, 2.24) is 14.9 Å². The minimum Gasteiger partial charge on any atom is -0.352 e. The summed E-state index contributed by atoms with van der Waals surface area (Å²) in [5.74, 6) is 0.877. The predicted octanol–water partition coefficient (Wildman–Crippen LogP) is 4.23. The van der Waals surface area contributed by atoms with Crippen LogP contribution >= 0.6 is 15.9 Å². The molecule has 4 nitrogen and oxygen atoms in total. The second-order valence-corrected chi connectivity index (χ2v) is 7.12. The fourth-order valence-corrected chi connectivity index (χ4v) is 3.09. The van der Waals surface area contributed by atoms with Crippen molar-refractivity contribution in [3.63, 3.8) is 0 Å².